The van der Waals surface area contributed by atoms with Gasteiger partial charge in [-0.15, -0.1) is 0 Å². The molecular formula is C21H17N. The van der Waals surface area contributed by atoms with E-state index in [0.717, 1.165) is 12.1 Å². The van der Waals surface area contributed by atoms with Gasteiger partial charge in [-0.3, -0.25) is 4.99 Å². The Morgan fingerprint density at radius 3 is 2.09 bits per heavy atom. The van der Waals surface area contributed by atoms with Gasteiger partial charge in [-0.05, 0) is 22.8 Å². The summed E-state index contributed by atoms with van der Waals surface area (Å²) >= 11 is 0. The van der Waals surface area contributed by atoms with Crippen LogP contribution >= 0.6 is 0 Å². The first kappa shape index (κ1) is 13.0. The number of para-hydroxylation sites is 1. The highest BCUT2D eigenvalue weighted by Gasteiger charge is 2.24. The second-order valence-electron chi connectivity index (χ2n) is 5.65. The summed E-state index contributed by atoms with van der Waals surface area (Å²) in [6.07, 6.45) is 0.949. The predicted molar refractivity (Wildman–Crippen MR) is 92.0 cm³/mol. The highest BCUT2D eigenvalue weighted by atomic mass is 14.8. The number of rotatable bonds is 2. The second kappa shape index (κ2) is 5.61. The van der Waals surface area contributed by atoms with Crippen molar-refractivity contribution in [3.8, 4) is 0 Å². The van der Waals surface area contributed by atoms with Crippen molar-refractivity contribution < 1.29 is 0 Å². The minimum Gasteiger partial charge on any atom is -0.253 e. The van der Waals surface area contributed by atoms with Crippen LogP contribution in [0.3, 0.4) is 0 Å². The van der Waals surface area contributed by atoms with E-state index < -0.39 is 0 Å². The van der Waals surface area contributed by atoms with Gasteiger partial charge in [0.15, 0.2) is 0 Å². The van der Waals surface area contributed by atoms with Gasteiger partial charge in [-0.2, -0.15) is 0 Å². The van der Waals surface area contributed by atoms with Gasteiger partial charge in [0.05, 0.1) is 5.69 Å². The summed E-state index contributed by atoms with van der Waals surface area (Å²) in [5.41, 5.74) is 6.18. The summed E-state index contributed by atoms with van der Waals surface area (Å²) in [4.78, 5) is 4.91. The Morgan fingerprint density at radius 2 is 1.32 bits per heavy atom. The quantitative estimate of drug-likeness (QED) is 0.601. The number of benzene rings is 3. The van der Waals surface area contributed by atoms with E-state index >= 15 is 0 Å². The third-order valence-electron chi connectivity index (χ3n) is 4.27. The van der Waals surface area contributed by atoms with Crippen LogP contribution in [0.15, 0.2) is 89.9 Å². The van der Waals surface area contributed by atoms with Crippen molar-refractivity contribution in [1.29, 1.82) is 0 Å². The molecule has 1 aliphatic rings. The molecule has 4 rings (SSSR count). The van der Waals surface area contributed by atoms with E-state index in [1.165, 1.54) is 22.4 Å². The summed E-state index contributed by atoms with van der Waals surface area (Å²) in [5.74, 6) is 0.380. The summed E-state index contributed by atoms with van der Waals surface area (Å²) in [7, 11) is 0. The molecule has 3 aromatic rings. The summed E-state index contributed by atoms with van der Waals surface area (Å²) in [5, 5.41) is 0. The molecule has 0 saturated carbocycles. The highest BCUT2D eigenvalue weighted by molar-refractivity contribution is 6.04. The van der Waals surface area contributed by atoms with E-state index in [0.29, 0.717) is 5.92 Å². The maximum Gasteiger partial charge on any atom is 0.0671 e. The molecule has 0 radical (unpaired) electrons. The van der Waals surface area contributed by atoms with Crippen LogP contribution in [0.25, 0.3) is 0 Å². The zero-order valence-corrected chi connectivity index (χ0v) is 12.3. The van der Waals surface area contributed by atoms with Crippen molar-refractivity contribution in [2.45, 2.75) is 12.3 Å². The fourth-order valence-electron chi connectivity index (χ4n) is 3.17. The molecule has 106 valence electrons. The average Bonchev–Trinajstić information content (AvgIpc) is 2.62. The lowest BCUT2D eigenvalue weighted by Gasteiger charge is -2.25. The first-order valence-electron chi connectivity index (χ1n) is 7.69. The fraction of sp³-hybridized carbons (Fsp3) is 0.0952. The molecule has 1 atom stereocenters. The van der Waals surface area contributed by atoms with Crippen LogP contribution in [0.2, 0.25) is 0 Å². The SMILES string of the molecule is c1ccc(C2=Nc3ccccc3C(c3ccccc3)C2)cc1. The Labute approximate surface area is 131 Å². The molecule has 0 spiro atoms. The van der Waals surface area contributed by atoms with Crippen LogP contribution in [0.5, 0.6) is 0 Å². The van der Waals surface area contributed by atoms with Crippen molar-refractivity contribution in [3.63, 3.8) is 0 Å². The monoisotopic (exact) mass is 283 g/mol. The summed E-state index contributed by atoms with van der Waals surface area (Å²) in [6, 6.07) is 29.7. The van der Waals surface area contributed by atoms with Crippen molar-refractivity contribution >= 4 is 11.4 Å². The number of hydrogen-bond donors (Lipinski definition) is 0. The smallest absolute Gasteiger partial charge is 0.0671 e. The fourth-order valence-corrected chi connectivity index (χ4v) is 3.17. The van der Waals surface area contributed by atoms with Crippen molar-refractivity contribution in [2.24, 2.45) is 4.99 Å². The van der Waals surface area contributed by atoms with E-state index in [2.05, 4.69) is 84.9 Å². The van der Waals surface area contributed by atoms with Crippen LogP contribution in [-0.4, -0.2) is 5.71 Å². The second-order valence-corrected chi connectivity index (χ2v) is 5.65. The van der Waals surface area contributed by atoms with Gasteiger partial charge in [0.25, 0.3) is 0 Å². The molecule has 0 aliphatic carbocycles. The molecule has 0 fully saturated rings. The van der Waals surface area contributed by atoms with Gasteiger partial charge in [0.2, 0.25) is 0 Å². The lowest BCUT2D eigenvalue weighted by atomic mass is 9.82. The van der Waals surface area contributed by atoms with Crippen LogP contribution in [0.4, 0.5) is 5.69 Å². The van der Waals surface area contributed by atoms with E-state index in [4.69, 9.17) is 4.99 Å². The topological polar surface area (TPSA) is 12.4 Å². The summed E-state index contributed by atoms with van der Waals surface area (Å²) < 4.78 is 0. The van der Waals surface area contributed by atoms with Gasteiger partial charge < -0.3 is 0 Å². The zero-order valence-electron chi connectivity index (χ0n) is 12.3. The Kier molecular flexibility index (Phi) is 3.32. The van der Waals surface area contributed by atoms with Gasteiger partial charge >= 0.3 is 0 Å². The van der Waals surface area contributed by atoms with E-state index in [1.807, 2.05) is 0 Å². The predicted octanol–water partition coefficient (Wildman–Crippen LogP) is 5.34. The van der Waals surface area contributed by atoms with Crippen LogP contribution in [0, 0.1) is 0 Å². The molecule has 3 aromatic carbocycles. The third-order valence-corrected chi connectivity index (χ3v) is 4.27. The normalized spacial score (nSPS) is 16.7. The van der Waals surface area contributed by atoms with Crippen molar-refractivity contribution in [3.05, 3.63) is 102 Å². The van der Waals surface area contributed by atoms with E-state index in [1.54, 1.807) is 0 Å². The number of fused-ring (bicyclic) bond motifs is 1. The maximum atomic E-state index is 4.91. The van der Waals surface area contributed by atoms with Gasteiger partial charge in [0.1, 0.15) is 0 Å². The van der Waals surface area contributed by atoms with Crippen LogP contribution in [-0.2, 0) is 0 Å². The number of hydrogen-bond acceptors (Lipinski definition) is 1. The minimum atomic E-state index is 0.380. The Balaban J connectivity index is 1.84. The Morgan fingerprint density at radius 1 is 0.682 bits per heavy atom. The number of aliphatic imine (C=N–C) groups is 1. The molecule has 22 heavy (non-hydrogen) atoms. The first-order valence-corrected chi connectivity index (χ1v) is 7.69. The molecule has 1 unspecified atom stereocenters. The molecule has 0 aromatic heterocycles. The summed E-state index contributed by atoms with van der Waals surface area (Å²) in [6.45, 7) is 0. The first-order chi connectivity index (χ1) is 10.9. The Hall–Kier alpha value is -2.67. The molecule has 1 heterocycles. The molecule has 1 aliphatic heterocycles. The maximum absolute atomic E-state index is 4.91. The molecular weight excluding hydrogens is 266 g/mol. The standard InChI is InChI=1S/C21H17N/c1-3-9-16(10-4-1)19-15-21(17-11-5-2-6-12-17)22-20-14-8-7-13-18(19)20/h1-14,19H,15H2. The third kappa shape index (κ3) is 2.35. The molecule has 0 bridgehead atoms. The van der Waals surface area contributed by atoms with Crippen LogP contribution in [0.1, 0.15) is 29.0 Å². The van der Waals surface area contributed by atoms with Crippen molar-refractivity contribution in [2.75, 3.05) is 0 Å². The molecule has 0 N–H and O–H groups in total. The van der Waals surface area contributed by atoms with E-state index in [9.17, 15) is 0 Å². The van der Waals surface area contributed by atoms with Crippen LogP contribution < -0.4 is 0 Å². The lowest BCUT2D eigenvalue weighted by Crippen LogP contribution is -2.14. The average molecular weight is 283 g/mol. The number of nitrogens with zero attached hydrogens (tertiary/aromatic N) is 1. The minimum absolute atomic E-state index is 0.380. The largest absolute Gasteiger partial charge is 0.253 e. The molecule has 0 amide bonds. The van der Waals surface area contributed by atoms with Gasteiger partial charge in [0, 0.05) is 18.1 Å². The van der Waals surface area contributed by atoms with Gasteiger partial charge in [-0.1, -0.05) is 78.9 Å². The Bertz CT molecular complexity index is 804. The lowest BCUT2D eigenvalue weighted by molar-refractivity contribution is 0.840. The zero-order chi connectivity index (χ0) is 14.8. The highest BCUT2D eigenvalue weighted by Crippen LogP contribution is 2.39. The van der Waals surface area contributed by atoms with Crippen molar-refractivity contribution in [1.82, 2.24) is 0 Å². The molecule has 0 saturated heterocycles. The molecule has 1 nitrogen and oxygen atoms in total. The van der Waals surface area contributed by atoms with E-state index in [-0.39, 0.29) is 0 Å². The molecule has 1 heteroatoms. The van der Waals surface area contributed by atoms with Gasteiger partial charge in [-0.25, -0.2) is 0 Å².